The van der Waals surface area contributed by atoms with E-state index in [4.69, 9.17) is 4.74 Å². The van der Waals surface area contributed by atoms with Crippen LogP contribution in [0.25, 0.3) is 22.2 Å². The van der Waals surface area contributed by atoms with Crippen LogP contribution < -0.4 is 0 Å². The highest BCUT2D eigenvalue weighted by molar-refractivity contribution is 5.92. The molecule has 1 aliphatic rings. The van der Waals surface area contributed by atoms with E-state index in [-0.39, 0.29) is 11.5 Å². The zero-order valence-electron chi connectivity index (χ0n) is 16.6. The molecule has 2 aromatic carbocycles. The highest BCUT2D eigenvalue weighted by Crippen LogP contribution is 2.42. The Hall–Kier alpha value is -3.47. The summed E-state index contributed by atoms with van der Waals surface area (Å²) in [5, 5.41) is 1.11. The number of carbonyl (C=O) groups is 1. The fourth-order valence-corrected chi connectivity index (χ4v) is 3.97. The summed E-state index contributed by atoms with van der Waals surface area (Å²) in [6, 6.07) is 18.4. The topological polar surface area (TPSA) is 55.0 Å². The van der Waals surface area contributed by atoms with Crippen molar-refractivity contribution in [3.05, 3.63) is 89.0 Å². The van der Waals surface area contributed by atoms with Crippen LogP contribution in [0.5, 0.6) is 0 Å². The van der Waals surface area contributed by atoms with Gasteiger partial charge in [-0.1, -0.05) is 18.2 Å². The number of ether oxygens (including phenoxy) is 1. The summed E-state index contributed by atoms with van der Waals surface area (Å²) in [7, 11) is 1.35. The van der Waals surface area contributed by atoms with Crippen LogP contribution >= 0.6 is 0 Å². The Kier molecular flexibility index (Phi) is 4.58. The van der Waals surface area contributed by atoms with Crippen molar-refractivity contribution < 1.29 is 13.9 Å². The second-order valence-corrected chi connectivity index (χ2v) is 7.75. The molecule has 2 heterocycles. The van der Waals surface area contributed by atoms with Gasteiger partial charge < -0.3 is 9.72 Å². The number of H-pyrrole nitrogens is 1. The second kappa shape index (κ2) is 7.41. The number of halogens is 1. The van der Waals surface area contributed by atoms with Crippen LogP contribution in [0.1, 0.15) is 46.1 Å². The van der Waals surface area contributed by atoms with Gasteiger partial charge in [0.05, 0.1) is 12.8 Å². The summed E-state index contributed by atoms with van der Waals surface area (Å²) in [4.78, 5) is 19.9. The largest absolute Gasteiger partial charge is 0.464 e. The van der Waals surface area contributed by atoms with E-state index >= 15 is 0 Å². The maximum Gasteiger partial charge on any atom is 0.356 e. The zero-order chi connectivity index (χ0) is 20.7. The van der Waals surface area contributed by atoms with E-state index in [1.807, 2.05) is 12.1 Å². The Balaban J connectivity index is 1.62. The standard InChI is InChI=1S/C25H21FN2O2/c1-30-25(29)22-4-2-3-19(27-22)14-21-20-12-9-17(15-5-6-15)13-23(20)28-24(21)16-7-10-18(26)11-8-16/h2-4,7-13,15,28H,5-6,14H2,1H3. The van der Waals surface area contributed by atoms with E-state index in [0.29, 0.717) is 12.3 Å². The van der Waals surface area contributed by atoms with E-state index in [0.717, 1.165) is 33.4 Å². The van der Waals surface area contributed by atoms with Crippen LogP contribution in [0.15, 0.2) is 60.7 Å². The molecule has 0 amide bonds. The molecule has 0 radical (unpaired) electrons. The van der Waals surface area contributed by atoms with Crippen LogP contribution in [-0.4, -0.2) is 23.0 Å². The van der Waals surface area contributed by atoms with Crippen molar-refractivity contribution >= 4 is 16.9 Å². The van der Waals surface area contributed by atoms with Crippen LogP contribution in [0.4, 0.5) is 4.39 Å². The van der Waals surface area contributed by atoms with Gasteiger partial charge in [-0.15, -0.1) is 0 Å². The number of nitrogens with one attached hydrogen (secondary N) is 1. The van der Waals surface area contributed by atoms with Gasteiger partial charge in [0.2, 0.25) is 0 Å². The number of aromatic nitrogens is 2. The summed E-state index contributed by atoms with van der Waals surface area (Å²) in [6.07, 6.45) is 3.03. The highest BCUT2D eigenvalue weighted by atomic mass is 19.1. The fourth-order valence-electron chi connectivity index (χ4n) is 3.97. The molecule has 0 aliphatic heterocycles. The lowest BCUT2D eigenvalue weighted by Gasteiger charge is -2.07. The van der Waals surface area contributed by atoms with Crippen LogP contribution in [-0.2, 0) is 11.2 Å². The molecule has 1 saturated carbocycles. The molecule has 1 fully saturated rings. The third-order valence-corrected chi connectivity index (χ3v) is 5.67. The minimum Gasteiger partial charge on any atom is -0.464 e. The molecule has 0 saturated heterocycles. The Morgan fingerprint density at radius 2 is 1.93 bits per heavy atom. The fraction of sp³-hybridized carbons (Fsp3) is 0.200. The van der Waals surface area contributed by atoms with Crippen molar-refractivity contribution in [2.75, 3.05) is 7.11 Å². The molecule has 150 valence electrons. The van der Waals surface area contributed by atoms with Gasteiger partial charge >= 0.3 is 5.97 Å². The number of benzene rings is 2. The van der Waals surface area contributed by atoms with E-state index in [2.05, 4.69) is 28.2 Å². The van der Waals surface area contributed by atoms with Gasteiger partial charge in [-0.05, 0) is 77.9 Å². The van der Waals surface area contributed by atoms with E-state index in [1.54, 1.807) is 18.2 Å². The number of carbonyl (C=O) groups excluding carboxylic acids is 1. The summed E-state index contributed by atoms with van der Waals surface area (Å²) >= 11 is 0. The number of methoxy groups -OCH3 is 1. The molecule has 0 bridgehead atoms. The maximum absolute atomic E-state index is 13.5. The first kappa shape index (κ1) is 18.6. The highest BCUT2D eigenvalue weighted by Gasteiger charge is 2.24. The minimum atomic E-state index is -0.455. The third kappa shape index (κ3) is 3.47. The zero-order valence-corrected chi connectivity index (χ0v) is 16.6. The molecule has 1 N–H and O–H groups in total. The first-order chi connectivity index (χ1) is 14.6. The molecule has 2 aromatic heterocycles. The molecule has 5 rings (SSSR count). The van der Waals surface area contributed by atoms with E-state index in [9.17, 15) is 9.18 Å². The summed E-state index contributed by atoms with van der Waals surface area (Å²) in [5.74, 6) is -0.0580. The van der Waals surface area contributed by atoms with Crippen LogP contribution in [0.2, 0.25) is 0 Å². The molecular weight excluding hydrogens is 379 g/mol. The molecule has 4 aromatic rings. The normalized spacial score (nSPS) is 13.5. The number of hydrogen-bond acceptors (Lipinski definition) is 3. The monoisotopic (exact) mass is 400 g/mol. The Morgan fingerprint density at radius 3 is 2.67 bits per heavy atom. The number of fused-ring (bicyclic) bond motifs is 1. The number of nitrogens with zero attached hydrogens (tertiary/aromatic N) is 1. The summed E-state index contributed by atoms with van der Waals surface area (Å²) < 4.78 is 18.3. The van der Waals surface area contributed by atoms with E-state index in [1.165, 1.54) is 37.6 Å². The molecule has 4 nitrogen and oxygen atoms in total. The number of aromatic amines is 1. The number of rotatable bonds is 5. The van der Waals surface area contributed by atoms with E-state index < -0.39 is 5.97 Å². The minimum absolute atomic E-state index is 0.264. The van der Waals surface area contributed by atoms with Crippen LogP contribution in [0.3, 0.4) is 0 Å². The average molecular weight is 400 g/mol. The Bertz CT molecular complexity index is 1240. The molecular formula is C25H21FN2O2. The average Bonchev–Trinajstić information content (AvgIpc) is 3.57. The van der Waals surface area contributed by atoms with Gasteiger partial charge in [0.15, 0.2) is 0 Å². The predicted molar refractivity (Wildman–Crippen MR) is 114 cm³/mol. The lowest BCUT2D eigenvalue weighted by atomic mass is 9.99. The lowest BCUT2D eigenvalue weighted by molar-refractivity contribution is 0.0593. The molecule has 0 unspecified atom stereocenters. The van der Waals surface area contributed by atoms with Gasteiger partial charge in [0, 0.05) is 23.0 Å². The first-order valence-corrected chi connectivity index (χ1v) is 10.1. The molecule has 30 heavy (non-hydrogen) atoms. The third-order valence-electron chi connectivity index (χ3n) is 5.67. The Labute approximate surface area is 173 Å². The molecule has 5 heteroatoms. The maximum atomic E-state index is 13.5. The smallest absolute Gasteiger partial charge is 0.356 e. The van der Waals surface area contributed by atoms with Gasteiger partial charge in [-0.3, -0.25) is 0 Å². The quantitative estimate of drug-likeness (QED) is 0.442. The van der Waals surface area contributed by atoms with Gasteiger partial charge in [0.1, 0.15) is 11.5 Å². The predicted octanol–water partition coefficient (Wildman–Crippen LogP) is 5.62. The van der Waals surface area contributed by atoms with Gasteiger partial charge in [0.25, 0.3) is 0 Å². The Morgan fingerprint density at radius 1 is 1.13 bits per heavy atom. The van der Waals surface area contributed by atoms with Crippen molar-refractivity contribution in [2.24, 2.45) is 0 Å². The van der Waals surface area contributed by atoms with Crippen molar-refractivity contribution in [3.63, 3.8) is 0 Å². The number of pyridine rings is 1. The SMILES string of the molecule is COC(=O)c1cccc(Cc2c(-c3ccc(F)cc3)[nH]c3cc(C4CC4)ccc23)n1. The van der Waals surface area contributed by atoms with Crippen molar-refractivity contribution in [1.29, 1.82) is 0 Å². The number of esters is 1. The van der Waals surface area contributed by atoms with Gasteiger partial charge in [-0.2, -0.15) is 0 Å². The van der Waals surface area contributed by atoms with Gasteiger partial charge in [-0.25, -0.2) is 14.2 Å². The van der Waals surface area contributed by atoms with Crippen LogP contribution in [0, 0.1) is 5.82 Å². The number of hydrogen-bond donors (Lipinski definition) is 1. The molecule has 0 atom stereocenters. The molecule has 0 spiro atoms. The summed E-state index contributed by atoms with van der Waals surface area (Å²) in [5.41, 5.74) is 6.42. The second-order valence-electron chi connectivity index (χ2n) is 7.75. The van der Waals surface area contributed by atoms with Crippen molar-refractivity contribution in [2.45, 2.75) is 25.2 Å². The summed E-state index contributed by atoms with van der Waals surface area (Å²) in [6.45, 7) is 0. The van der Waals surface area contributed by atoms with Crippen molar-refractivity contribution in [1.82, 2.24) is 9.97 Å². The lowest BCUT2D eigenvalue weighted by Crippen LogP contribution is -2.06. The molecule has 1 aliphatic carbocycles. The first-order valence-electron chi connectivity index (χ1n) is 10.1. The van der Waals surface area contributed by atoms with Crippen molar-refractivity contribution in [3.8, 4) is 11.3 Å².